The Balaban J connectivity index is -0.00000000500. The predicted octanol–water partition coefficient (Wildman–Crippen LogP) is -2.49. The molecule has 0 rings (SSSR count). The monoisotopic (exact) mass is 296 g/mol. The second kappa shape index (κ2) is 19.0. The van der Waals surface area contributed by atoms with Gasteiger partial charge in [0.05, 0.1) is 0 Å². The van der Waals surface area contributed by atoms with E-state index in [1.54, 1.807) is 0 Å². The molecule has 0 spiro atoms. The van der Waals surface area contributed by atoms with Crippen LogP contribution in [0.2, 0.25) is 0 Å². The molecule has 22 valence electrons. The van der Waals surface area contributed by atoms with E-state index in [1.807, 2.05) is 0 Å². The molecule has 0 N–H and O–H groups in total. The molecule has 0 fully saturated rings. The molecule has 0 unspecified atom stereocenters. The molecule has 0 saturated carbocycles. The summed E-state index contributed by atoms with van der Waals surface area (Å²) in [6.45, 7) is 0. The fourth-order valence-electron chi connectivity index (χ4n) is 0. The van der Waals surface area contributed by atoms with Crippen LogP contribution in [0.5, 0.6) is 0 Å². The fraction of sp³-hybridized carbons (Fsp3) is 0. The predicted molar refractivity (Wildman–Crippen MR) is 20.6 cm³/mol. The van der Waals surface area contributed by atoms with Crippen molar-refractivity contribution in [2.24, 2.45) is 0 Å². The van der Waals surface area contributed by atoms with Crippen LogP contribution < -0.4 is 0 Å². The van der Waals surface area contributed by atoms with Gasteiger partial charge in [-0.1, -0.05) is 0 Å². The van der Waals surface area contributed by atoms with Crippen LogP contribution in [0.3, 0.4) is 0 Å². The molecule has 0 aromatic rings. The summed E-state index contributed by atoms with van der Waals surface area (Å²) in [6, 6.07) is 0. The van der Waals surface area contributed by atoms with Crippen LogP contribution in [0, 0.1) is 0 Å². The fourth-order valence-corrected chi connectivity index (χ4v) is 0. The van der Waals surface area contributed by atoms with Gasteiger partial charge in [-0.25, -0.2) is 0 Å². The van der Waals surface area contributed by atoms with Gasteiger partial charge >= 0.3 is 73.2 Å². The van der Waals surface area contributed by atoms with E-state index in [0.29, 0.717) is 24.7 Å². The number of rotatable bonds is 0. The first kappa shape index (κ1) is 16.4. The van der Waals surface area contributed by atoms with Gasteiger partial charge in [0.1, 0.15) is 0 Å². The molecule has 4 heteroatoms. The van der Waals surface area contributed by atoms with Crippen LogP contribution in [0.4, 0.5) is 0 Å². The van der Waals surface area contributed by atoms with Gasteiger partial charge in [0.2, 0.25) is 0 Å². The average molecular weight is 298 g/mol. The second-order valence-corrected chi connectivity index (χ2v) is 0. The van der Waals surface area contributed by atoms with E-state index in [0.717, 1.165) is 0 Å². The Kier molecular flexibility index (Phi) is 77.8. The van der Waals surface area contributed by atoms with Crippen molar-refractivity contribution in [2.75, 3.05) is 0 Å². The molecule has 0 aromatic carbocycles. The van der Waals surface area contributed by atoms with Crippen LogP contribution >= 0.6 is 0 Å². The van der Waals surface area contributed by atoms with Crippen molar-refractivity contribution in [3.05, 3.63) is 0 Å². The molecule has 0 amide bonds. The molecule has 0 atom stereocenters. The summed E-state index contributed by atoms with van der Waals surface area (Å²) >= 11 is 0.300. The van der Waals surface area contributed by atoms with Gasteiger partial charge in [0, 0.05) is 0 Å². The van der Waals surface area contributed by atoms with E-state index in [1.165, 1.54) is 0 Å². The third kappa shape index (κ3) is 8.89. The van der Waals surface area contributed by atoms with Crippen molar-refractivity contribution in [1.29, 1.82) is 0 Å². The Bertz CT molecular complexity index is 8.00. The van der Waals surface area contributed by atoms with Crippen molar-refractivity contribution < 1.29 is 27.5 Å². The zero-order valence-corrected chi connectivity index (χ0v) is 3.37. The standard InChI is InChI=1S/Ga.In.O.Zr.6H. The van der Waals surface area contributed by atoms with Crippen molar-refractivity contribution in [3.63, 3.8) is 0 Å². The average Bonchev–Trinajstić information content (AvgIpc) is 1.00. The van der Waals surface area contributed by atoms with E-state index >= 15 is 0 Å². The summed E-state index contributed by atoms with van der Waals surface area (Å²) in [5.41, 5.74) is 0. The SMILES string of the molecule is [GaH3].[InH3].[O]=[Zr]. The summed E-state index contributed by atoms with van der Waals surface area (Å²) < 4.78 is 8.34. The van der Waals surface area contributed by atoms with Crippen molar-refractivity contribution in [2.45, 2.75) is 0 Å². The molecule has 0 aromatic heterocycles. The first-order valence-corrected chi connectivity index (χ1v) is 1.21. The Morgan fingerprint density at radius 1 is 1.25 bits per heavy atom. The van der Waals surface area contributed by atoms with Crippen molar-refractivity contribution in [3.8, 4) is 0 Å². The zero-order valence-electron chi connectivity index (χ0n) is 0.908. The number of hydrogen-bond acceptors (Lipinski definition) is 1. The quantitative estimate of drug-likeness (QED) is 0.452. The molecule has 0 aliphatic carbocycles. The van der Waals surface area contributed by atoms with E-state index in [9.17, 15) is 0 Å². The third-order valence-corrected chi connectivity index (χ3v) is 0. The van der Waals surface area contributed by atoms with Gasteiger partial charge in [-0.3, -0.25) is 0 Å². The van der Waals surface area contributed by atoms with Gasteiger partial charge < -0.3 is 0 Å². The van der Waals surface area contributed by atoms with Gasteiger partial charge in [0.25, 0.3) is 0 Å². The molecule has 1 nitrogen and oxygen atoms in total. The van der Waals surface area contributed by atoms with Crippen LogP contribution in [-0.4, -0.2) is 45.6 Å². The third-order valence-electron chi connectivity index (χ3n) is 0. The summed E-state index contributed by atoms with van der Waals surface area (Å²) in [5.74, 6) is 0. The normalized spacial score (nSPS) is 0.750. The van der Waals surface area contributed by atoms with Crippen LogP contribution in [0.25, 0.3) is 0 Å². The van der Waals surface area contributed by atoms with Crippen molar-refractivity contribution >= 4 is 45.6 Å². The molecule has 0 heterocycles. The molecule has 0 aliphatic rings. The summed E-state index contributed by atoms with van der Waals surface area (Å²) in [5, 5.41) is 0. The summed E-state index contributed by atoms with van der Waals surface area (Å²) in [7, 11) is 0. The first-order valence-electron chi connectivity index (χ1n) is 0.204. The topological polar surface area (TPSA) is 17.1 Å². The van der Waals surface area contributed by atoms with E-state index < -0.39 is 0 Å². The molecule has 4 heavy (non-hydrogen) atoms. The number of hydrogen-bond donors (Lipinski definition) is 0. The second-order valence-electron chi connectivity index (χ2n) is 0. The molecule has 0 bridgehead atoms. The Labute approximate surface area is 72.0 Å². The van der Waals surface area contributed by atoms with E-state index in [2.05, 4.69) is 0 Å². The van der Waals surface area contributed by atoms with Gasteiger partial charge in [-0.2, -0.15) is 0 Å². The minimum absolute atomic E-state index is 0. The Hall–Kier alpha value is 2.19. The molecular formula is H6GaInOZr. The first-order chi connectivity index (χ1) is 1.00. The van der Waals surface area contributed by atoms with Crippen LogP contribution in [-0.2, 0) is 27.5 Å². The Morgan fingerprint density at radius 2 is 1.25 bits per heavy atom. The van der Waals surface area contributed by atoms with E-state index in [4.69, 9.17) is 2.81 Å². The van der Waals surface area contributed by atoms with E-state index in [-0.39, 0.29) is 45.6 Å². The molecule has 0 aliphatic heterocycles. The summed E-state index contributed by atoms with van der Waals surface area (Å²) in [6.07, 6.45) is 0. The Morgan fingerprint density at radius 3 is 1.25 bits per heavy atom. The maximum absolute atomic E-state index is 8.34. The van der Waals surface area contributed by atoms with Crippen molar-refractivity contribution in [1.82, 2.24) is 0 Å². The van der Waals surface area contributed by atoms with Crippen LogP contribution in [0.1, 0.15) is 0 Å². The zero-order chi connectivity index (χ0) is 2.00. The molecule has 0 radical (unpaired) electrons. The minimum atomic E-state index is 0. The van der Waals surface area contributed by atoms with Crippen LogP contribution in [0.15, 0.2) is 0 Å². The van der Waals surface area contributed by atoms with Gasteiger partial charge in [-0.05, 0) is 0 Å². The van der Waals surface area contributed by atoms with Gasteiger partial charge in [0.15, 0.2) is 0 Å². The molecule has 0 saturated heterocycles. The molecular weight excluding hydrogens is 292 g/mol. The maximum atomic E-state index is 8.34. The summed E-state index contributed by atoms with van der Waals surface area (Å²) in [4.78, 5) is 0. The van der Waals surface area contributed by atoms with Gasteiger partial charge in [-0.15, -0.1) is 0 Å².